The van der Waals surface area contributed by atoms with Crippen LogP contribution in [0.5, 0.6) is 5.75 Å². The molecule has 0 atom stereocenters. The summed E-state index contributed by atoms with van der Waals surface area (Å²) in [7, 11) is 4.49. The normalized spacial score (nSPS) is 12.0. The van der Waals surface area contributed by atoms with Crippen molar-refractivity contribution in [3.05, 3.63) is 81.0 Å². The van der Waals surface area contributed by atoms with Crippen LogP contribution in [0.15, 0.2) is 54.6 Å². The van der Waals surface area contributed by atoms with E-state index in [0.717, 1.165) is 36.3 Å². The number of likely N-dealkylation sites (N-methyl/N-ethyl adjacent to an activating group) is 1. The third-order valence-electron chi connectivity index (χ3n) is 5.40. The summed E-state index contributed by atoms with van der Waals surface area (Å²) in [6, 6.07) is 19.2. The lowest BCUT2D eigenvalue weighted by Gasteiger charge is -2.33. The third kappa shape index (κ3) is 13.2. The van der Waals surface area contributed by atoms with Gasteiger partial charge < -0.3 is 29.3 Å². The zero-order valence-electron chi connectivity index (χ0n) is 21.9. The summed E-state index contributed by atoms with van der Waals surface area (Å²) in [4.78, 5) is 8.25. The highest BCUT2D eigenvalue weighted by molar-refractivity contribution is 5.31. The molecule has 0 spiro atoms. The van der Waals surface area contributed by atoms with Crippen LogP contribution in [-0.2, 0) is 16.7 Å². The molecule has 0 saturated carbocycles. The molecular weight excluding hydrogens is 432 g/mol. The standard InChI is InChI=1S/C27H42NO2.NO3/c1-26(2,3)22-27(4,5)24-13-15-25(16-14-24)30-20-19-29-18-17-28(6,7)21-23-11-9-8-10-12-23;2-1(3)4/h8-16H,17-22H2,1-7H3;/q+1;-1. The Morgan fingerprint density at radius 3 is 1.94 bits per heavy atom. The van der Waals surface area contributed by atoms with E-state index in [9.17, 15) is 0 Å². The highest BCUT2D eigenvalue weighted by Gasteiger charge is 2.27. The average molecular weight is 475 g/mol. The first-order valence-corrected chi connectivity index (χ1v) is 11.7. The van der Waals surface area contributed by atoms with Crippen LogP contribution in [0.3, 0.4) is 0 Å². The van der Waals surface area contributed by atoms with E-state index in [4.69, 9.17) is 24.8 Å². The van der Waals surface area contributed by atoms with Gasteiger partial charge in [0.05, 0.1) is 32.4 Å². The molecule has 7 nitrogen and oxygen atoms in total. The number of benzene rings is 2. The molecule has 0 aliphatic carbocycles. The molecule has 0 N–H and O–H groups in total. The van der Waals surface area contributed by atoms with Crippen LogP contribution in [0.4, 0.5) is 0 Å². The summed E-state index contributed by atoms with van der Waals surface area (Å²) in [6.45, 7) is 15.5. The van der Waals surface area contributed by atoms with Gasteiger partial charge in [0.2, 0.25) is 0 Å². The summed E-state index contributed by atoms with van der Waals surface area (Å²) in [5.74, 6) is 0.911. The van der Waals surface area contributed by atoms with Crippen molar-refractivity contribution in [2.75, 3.05) is 40.5 Å². The average Bonchev–Trinajstić information content (AvgIpc) is 2.69. The molecular formula is C27H42N2O5. The Bertz CT molecular complexity index is 840. The quantitative estimate of drug-likeness (QED) is 0.177. The zero-order valence-corrected chi connectivity index (χ0v) is 21.9. The van der Waals surface area contributed by atoms with E-state index in [2.05, 4.69) is 103 Å². The topological polar surface area (TPSA) is 84.7 Å². The van der Waals surface area contributed by atoms with Gasteiger partial charge >= 0.3 is 0 Å². The van der Waals surface area contributed by atoms with Gasteiger partial charge in [-0.1, -0.05) is 77.1 Å². The summed E-state index contributed by atoms with van der Waals surface area (Å²) < 4.78 is 12.6. The number of hydrogen-bond donors (Lipinski definition) is 0. The maximum absolute atomic E-state index is 8.25. The Morgan fingerprint density at radius 2 is 1.41 bits per heavy atom. The molecule has 0 saturated heterocycles. The second-order valence-electron chi connectivity index (χ2n) is 11.1. The molecule has 7 heteroatoms. The Morgan fingerprint density at radius 1 is 0.853 bits per heavy atom. The van der Waals surface area contributed by atoms with E-state index in [1.165, 1.54) is 11.1 Å². The first-order chi connectivity index (χ1) is 15.7. The number of nitrogens with zero attached hydrogens (tertiary/aromatic N) is 2. The van der Waals surface area contributed by atoms with E-state index >= 15 is 0 Å². The van der Waals surface area contributed by atoms with Gasteiger partial charge in [0.15, 0.2) is 0 Å². The van der Waals surface area contributed by atoms with Crippen molar-refractivity contribution in [2.45, 2.75) is 53.0 Å². The van der Waals surface area contributed by atoms with Gasteiger partial charge in [0.25, 0.3) is 0 Å². The molecule has 0 aliphatic rings. The highest BCUT2D eigenvalue weighted by atomic mass is 16.9. The monoisotopic (exact) mass is 474 g/mol. The number of quaternary nitrogens is 1. The van der Waals surface area contributed by atoms with Gasteiger partial charge in [-0.05, 0) is 34.9 Å². The van der Waals surface area contributed by atoms with Gasteiger partial charge in [-0.25, -0.2) is 0 Å². The molecule has 2 rings (SSSR count). The third-order valence-corrected chi connectivity index (χ3v) is 5.40. The summed E-state index contributed by atoms with van der Waals surface area (Å²) in [5, 5.41) is 14.8. The lowest BCUT2D eigenvalue weighted by molar-refractivity contribution is -0.904. The lowest BCUT2D eigenvalue weighted by atomic mass is 9.72. The molecule has 2 aromatic rings. The van der Waals surface area contributed by atoms with E-state index in [-0.39, 0.29) is 5.41 Å². The molecule has 2 aromatic carbocycles. The maximum atomic E-state index is 8.25. The Hall–Kier alpha value is -2.64. The van der Waals surface area contributed by atoms with Crippen LogP contribution in [0, 0.1) is 20.7 Å². The van der Waals surface area contributed by atoms with Crippen LogP contribution >= 0.6 is 0 Å². The van der Waals surface area contributed by atoms with Gasteiger partial charge in [0.1, 0.15) is 25.4 Å². The van der Waals surface area contributed by atoms with Gasteiger partial charge in [0, 0.05) is 5.56 Å². The van der Waals surface area contributed by atoms with E-state index in [1.807, 2.05) is 0 Å². The zero-order chi connectivity index (χ0) is 25.8. The molecule has 0 amide bonds. The van der Waals surface area contributed by atoms with Crippen molar-refractivity contribution in [1.29, 1.82) is 0 Å². The van der Waals surface area contributed by atoms with Crippen LogP contribution in [0.1, 0.15) is 52.2 Å². The van der Waals surface area contributed by atoms with Crippen molar-refractivity contribution in [3.63, 3.8) is 0 Å². The molecule has 0 aliphatic heterocycles. The predicted octanol–water partition coefficient (Wildman–Crippen LogP) is 5.83. The van der Waals surface area contributed by atoms with E-state index < -0.39 is 5.09 Å². The molecule has 190 valence electrons. The second-order valence-corrected chi connectivity index (χ2v) is 11.1. The number of rotatable bonds is 11. The van der Waals surface area contributed by atoms with Crippen molar-refractivity contribution in [1.82, 2.24) is 0 Å². The Labute approximate surface area is 205 Å². The van der Waals surface area contributed by atoms with E-state index in [1.54, 1.807) is 0 Å². The molecule has 0 aromatic heterocycles. The fourth-order valence-electron chi connectivity index (χ4n) is 4.22. The van der Waals surface area contributed by atoms with Gasteiger partial charge in [-0.3, -0.25) is 0 Å². The number of hydrogen-bond acceptors (Lipinski definition) is 5. The van der Waals surface area contributed by atoms with Crippen molar-refractivity contribution >= 4 is 0 Å². The summed E-state index contributed by atoms with van der Waals surface area (Å²) >= 11 is 0. The van der Waals surface area contributed by atoms with Gasteiger partial charge in [-0.15, -0.1) is 0 Å². The molecule has 0 fully saturated rings. The van der Waals surface area contributed by atoms with Crippen molar-refractivity contribution < 1.29 is 19.0 Å². The predicted molar refractivity (Wildman–Crippen MR) is 137 cm³/mol. The molecule has 0 radical (unpaired) electrons. The fraction of sp³-hybridized carbons (Fsp3) is 0.556. The minimum atomic E-state index is -1.75. The van der Waals surface area contributed by atoms with Crippen LogP contribution in [0.2, 0.25) is 0 Å². The van der Waals surface area contributed by atoms with Crippen molar-refractivity contribution in [3.8, 4) is 5.75 Å². The molecule has 34 heavy (non-hydrogen) atoms. The highest BCUT2D eigenvalue weighted by Crippen LogP contribution is 2.36. The SMILES string of the molecule is CC(C)(C)CC(C)(C)c1ccc(OCCOCC[N+](C)(C)Cc2ccccc2)cc1.O=[N+]([O-])[O-]. The fourth-order valence-corrected chi connectivity index (χ4v) is 4.22. The number of ether oxygens (including phenoxy) is 2. The minimum absolute atomic E-state index is 0.157. The minimum Gasteiger partial charge on any atom is -0.491 e. The smallest absolute Gasteiger partial charge is 0.119 e. The summed E-state index contributed by atoms with van der Waals surface area (Å²) in [6.07, 6.45) is 1.15. The van der Waals surface area contributed by atoms with Crippen LogP contribution in [-0.4, -0.2) is 50.0 Å². The Kier molecular flexibility index (Phi) is 11.5. The lowest BCUT2D eigenvalue weighted by Crippen LogP contribution is -2.41. The first-order valence-electron chi connectivity index (χ1n) is 11.7. The van der Waals surface area contributed by atoms with Crippen molar-refractivity contribution in [2.24, 2.45) is 5.41 Å². The maximum Gasteiger partial charge on any atom is 0.119 e. The van der Waals surface area contributed by atoms with Crippen LogP contribution in [0.25, 0.3) is 0 Å². The largest absolute Gasteiger partial charge is 0.491 e. The van der Waals surface area contributed by atoms with Gasteiger partial charge in [-0.2, -0.15) is 0 Å². The summed E-state index contributed by atoms with van der Waals surface area (Å²) in [5.41, 5.74) is 3.19. The van der Waals surface area contributed by atoms with Crippen LogP contribution < -0.4 is 4.74 Å². The molecule has 0 heterocycles. The second kappa shape index (κ2) is 13.3. The molecule has 0 bridgehead atoms. The first kappa shape index (κ1) is 29.4. The van der Waals surface area contributed by atoms with E-state index in [0.29, 0.717) is 18.6 Å². The Balaban J connectivity index is 0.00000133. The molecule has 0 unspecified atom stereocenters.